The number of hydrogen-bond donors (Lipinski definition) is 1. The Morgan fingerprint density at radius 2 is 2.11 bits per heavy atom. The summed E-state index contributed by atoms with van der Waals surface area (Å²) in [6.07, 6.45) is 1.95. The maximum atomic E-state index is 6.06. The van der Waals surface area contributed by atoms with E-state index in [4.69, 9.17) is 16.3 Å². The molecule has 1 aliphatic rings. The molecular formula is C21H25ClN4OS. The summed E-state index contributed by atoms with van der Waals surface area (Å²) in [4.78, 5) is 5.58. The second-order valence-corrected chi connectivity index (χ2v) is 8.21. The predicted molar refractivity (Wildman–Crippen MR) is 118 cm³/mol. The van der Waals surface area contributed by atoms with Crippen molar-refractivity contribution in [2.24, 2.45) is 15.5 Å². The van der Waals surface area contributed by atoms with E-state index in [0.717, 1.165) is 10.9 Å². The molecule has 5 nitrogen and oxygen atoms in total. The summed E-state index contributed by atoms with van der Waals surface area (Å²) in [5.74, 6) is 0.732. The summed E-state index contributed by atoms with van der Waals surface area (Å²) in [5, 5.41) is 7.17. The SMILES string of the molecule is CCN=C(NSc1cccc(Cl)c1)N1CC(C)(COCc2ccccc2)C=N1. The van der Waals surface area contributed by atoms with Crippen molar-refractivity contribution in [2.75, 3.05) is 19.7 Å². The lowest BCUT2D eigenvalue weighted by Crippen LogP contribution is -2.38. The Bertz CT molecular complexity index is 830. The van der Waals surface area contributed by atoms with Crippen molar-refractivity contribution in [3.05, 3.63) is 65.2 Å². The van der Waals surface area contributed by atoms with E-state index in [1.54, 1.807) is 0 Å². The first kappa shape index (κ1) is 20.7. The molecule has 0 saturated heterocycles. The normalized spacial score (nSPS) is 19.2. The Morgan fingerprint density at radius 3 is 2.86 bits per heavy atom. The molecule has 0 aliphatic carbocycles. The van der Waals surface area contributed by atoms with Gasteiger partial charge in [-0.2, -0.15) is 5.10 Å². The fourth-order valence-corrected chi connectivity index (χ4v) is 3.74. The van der Waals surface area contributed by atoms with Gasteiger partial charge in [0.2, 0.25) is 5.96 Å². The summed E-state index contributed by atoms with van der Waals surface area (Å²) >= 11 is 7.53. The molecule has 1 unspecified atom stereocenters. The van der Waals surface area contributed by atoms with Crippen LogP contribution in [0.3, 0.4) is 0 Å². The van der Waals surface area contributed by atoms with Crippen LogP contribution in [0.25, 0.3) is 0 Å². The van der Waals surface area contributed by atoms with Crippen LogP contribution in [0.2, 0.25) is 5.02 Å². The van der Waals surface area contributed by atoms with Crippen LogP contribution in [0.5, 0.6) is 0 Å². The zero-order valence-corrected chi connectivity index (χ0v) is 17.7. The minimum atomic E-state index is -0.161. The van der Waals surface area contributed by atoms with Gasteiger partial charge in [-0.3, -0.25) is 9.71 Å². The lowest BCUT2D eigenvalue weighted by molar-refractivity contribution is 0.0714. The first-order valence-corrected chi connectivity index (χ1v) is 10.4. The van der Waals surface area contributed by atoms with Crippen LogP contribution < -0.4 is 4.72 Å². The molecule has 0 bridgehead atoms. The Labute approximate surface area is 176 Å². The van der Waals surface area contributed by atoms with Gasteiger partial charge in [-0.15, -0.1) is 0 Å². The minimum Gasteiger partial charge on any atom is -0.376 e. The summed E-state index contributed by atoms with van der Waals surface area (Å²) in [6.45, 7) is 6.74. The van der Waals surface area contributed by atoms with Crippen LogP contribution >= 0.6 is 23.5 Å². The largest absolute Gasteiger partial charge is 0.376 e. The fourth-order valence-electron chi connectivity index (χ4n) is 2.77. The topological polar surface area (TPSA) is 49.2 Å². The van der Waals surface area contributed by atoms with Gasteiger partial charge in [-0.1, -0.05) is 54.9 Å². The van der Waals surface area contributed by atoms with Crippen molar-refractivity contribution in [1.29, 1.82) is 0 Å². The highest BCUT2D eigenvalue weighted by Gasteiger charge is 2.33. The molecule has 1 aliphatic heterocycles. The molecule has 1 heterocycles. The van der Waals surface area contributed by atoms with E-state index in [9.17, 15) is 0 Å². The highest BCUT2D eigenvalue weighted by atomic mass is 35.5. The fraction of sp³-hybridized carbons (Fsp3) is 0.333. The van der Waals surface area contributed by atoms with E-state index in [1.165, 1.54) is 17.5 Å². The average molecular weight is 417 g/mol. The van der Waals surface area contributed by atoms with Crippen LogP contribution in [-0.4, -0.2) is 36.9 Å². The Hall–Kier alpha value is -2.02. The smallest absolute Gasteiger partial charge is 0.225 e. The molecule has 0 spiro atoms. The van der Waals surface area contributed by atoms with Gasteiger partial charge in [0.25, 0.3) is 0 Å². The molecule has 3 rings (SSSR count). The summed E-state index contributed by atoms with van der Waals surface area (Å²) < 4.78 is 9.24. The lowest BCUT2D eigenvalue weighted by Gasteiger charge is -2.24. The first-order chi connectivity index (χ1) is 13.6. The number of hydrogen-bond acceptors (Lipinski definition) is 4. The minimum absolute atomic E-state index is 0.161. The highest BCUT2D eigenvalue weighted by molar-refractivity contribution is 7.98. The molecule has 0 amide bonds. The van der Waals surface area contributed by atoms with E-state index in [1.807, 2.05) is 60.6 Å². The number of ether oxygens (including phenoxy) is 1. The van der Waals surface area contributed by atoms with Gasteiger partial charge in [-0.05, 0) is 42.6 Å². The molecule has 2 aromatic carbocycles. The second kappa shape index (κ2) is 9.96. The third-order valence-electron chi connectivity index (χ3n) is 4.17. The molecule has 2 aromatic rings. The standard InChI is InChI=1S/C21H25ClN4OS/c1-3-23-20(25-28-19-11-7-10-18(22)12-19)26-15-21(2,14-24-26)16-27-13-17-8-5-4-6-9-17/h4-12,14H,3,13,15-16H2,1-2H3,(H,23,25). The van der Waals surface area contributed by atoms with Crippen LogP contribution in [0.4, 0.5) is 0 Å². The van der Waals surface area contributed by atoms with Crippen molar-refractivity contribution < 1.29 is 4.74 Å². The quantitative estimate of drug-likeness (QED) is 0.398. The van der Waals surface area contributed by atoms with Gasteiger partial charge in [0, 0.05) is 28.1 Å². The second-order valence-electron chi connectivity index (χ2n) is 6.89. The van der Waals surface area contributed by atoms with Crippen molar-refractivity contribution >= 4 is 35.7 Å². The van der Waals surface area contributed by atoms with E-state index in [0.29, 0.717) is 31.3 Å². The molecule has 148 valence electrons. The molecule has 0 saturated carbocycles. The lowest BCUT2D eigenvalue weighted by atomic mass is 9.94. The van der Waals surface area contributed by atoms with Crippen LogP contribution in [0, 0.1) is 5.41 Å². The van der Waals surface area contributed by atoms with Gasteiger partial charge in [0.15, 0.2) is 0 Å². The maximum absolute atomic E-state index is 6.06. The van der Waals surface area contributed by atoms with Crippen molar-refractivity contribution in [3.63, 3.8) is 0 Å². The van der Waals surface area contributed by atoms with Gasteiger partial charge in [0.05, 0.1) is 19.8 Å². The molecule has 7 heteroatoms. The van der Waals surface area contributed by atoms with Gasteiger partial charge in [-0.25, -0.2) is 5.01 Å². The number of aliphatic imine (C=N–C) groups is 1. The van der Waals surface area contributed by atoms with Crippen LogP contribution in [0.15, 0.2) is 69.6 Å². The van der Waals surface area contributed by atoms with Gasteiger partial charge < -0.3 is 4.74 Å². The molecule has 1 atom stereocenters. The first-order valence-electron chi connectivity index (χ1n) is 9.25. The summed E-state index contributed by atoms with van der Waals surface area (Å²) in [6, 6.07) is 17.9. The molecule has 0 aromatic heterocycles. The Kier molecular flexibility index (Phi) is 7.36. The van der Waals surface area contributed by atoms with Crippen molar-refractivity contribution in [2.45, 2.75) is 25.3 Å². The Balaban J connectivity index is 1.53. The van der Waals surface area contributed by atoms with Gasteiger partial charge >= 0.3 is 0 Å². The van der Waals surface area contributed by atoms with Crippen molar-refractivity contribution in [1.82, 2.24) is 9.73 Å². The molecule has 1 N–H and O–H groups in total. The molecule has 0 radical (unpaired) electrons. The number of nitrogens with one attached hydrogen (secondary N) is 1. The Morgan fingerprint density at radius 1 is 1.29 bits per heavy atom. The van der Waals surface area contributed by atoms with Crippen LogP contribution in [-0.2, 0) is 11.3 Å². The third-order valence-corrected chi connectivity index (χ3v) is 5.18. The van der Waals surface area contributed by atoms with E-state index < -0.39 is 0 Å². The van der Waals surface area contributed by atoms with Crippen LogP contribution in [0.1, 0.15) is 19.4 Å². The molecule has 28 heavy (non-hydrogen) atoms. The average Bonchev–Trinajstić information content (AvgIpc) is 3.08. The number of benzene rings is 2. The van der Waals surface area contributed by atoms with Gasteiger partial charge in [0.1, 0.15) is 0 Å². The highest BCUT2D eigenvalue weighted by Crippen LogP contribution is 2.25. The number of rotatable bonds is 7. The predicted octanol–water partition coefficient (Wildman–Crippen LogP) is 4.84. The van der Waals surface area contributed by atoms with E-state index in [-0.39, 0.29) is 5.41 Å². The van der Waals surface area contributed by atoms with E-state index in [2.05, 4.69) is 33.9 Å². The number of nitrogens with zero attached hydrogens (tertiary/aromatic N) is 3. The zero-order chi connectivity index (χ0) is 19.8. The number of halogens is 1. The number of guanidine groups is 1. The number of hydrazone groups is 1. The third kappa shape index (κ3) is 5.99. The zero-order valence-electron chi connectivity index (χ0n) is 16.1. The van der Waals surface area contributed by atoms with E-state index >= 15 is 0 Å². The maximum Gasteiger partial charge on any atom is 0.225 e. The molecular weight excluding hydrogens is 392 g/mol. The molecule has 0 fully saturated rings. The summed E-state index contributed by atoms with van der Waals surface area (Å²) in [7, 11) is 0. The monoisotopic (exact) mass is 416 g/mol. The summed E-state index contributed by atoms with van der Waals surface area (Å²) in [5.41, 5.74) is 1.01. The van der Waals surface area contributed by atoms with Crippen molar-refractivity contribution in [3.8, 4) is 0 Å².